The van der Waals surface area contributed by atoms with E-state index in [1.54, 1.807) is 14.0 Å². The van der Waals surface area contributed by atoms with Crippen molar-refractivity contribution in [1.82, 2.24) is 10.2 Å². The number of alkyl halides is 3. The Morgan fingerprint density at radius 1 is 1.40 bits per heavy atom. The number of carbonyl (C=O) groups is 1. The zero-order valence-electron chi connectivity index (χ0n) is 11.7. The first-order valence-corrected chi connectivity index (χ1v) is 6.95. The average molecular weight is 294 g/mol. The first-order chi connectivity index (χ1) is 9.33. The van der Waals surface area contributed by atoms with Crippen molar-refractivity contribution in [2.24, 2.45) is 11.8 Å². The van der Waals surface area contributed by atoms with Crippen LogP contribution in [-0.4, -0.2) is 55.9 Å². The molecule has 0 bridgehead atoms. The van der Waals surface area contributed by atoms with Crippen molar-refractivity contribution in [3.8, 4) is 0 Å². The van der Waals surface area contributed by atoms with Crippen LogP contribution in [0.3, 0.4) is 0 Å². The Bertz CT molecular complexity index is 358. The van der Waals surface area contributed by atoms with Gasteiger partial charge in [-0.25, -0.2) is 0 Å². The molecule has 0 aromatic rings. The van der Waals surface area contributed by atoms with Crippen LogP contribution in [0.15, 0.2) is 0 Å². The molecule has 1 N–H and O–H groups in total. The molecule has 1 saturated heterocycles. The largest absolute Gasteiger partial charge is 0.406 e. The summed E-state index contributed by atoms with van der Waals surface area (Å²) >= 11 is 0. The molecule has 2 rings (SSSR count). The van der Waals surface area contributed by atoms with Crippen LogP contribution in [0.2, 0.25) is 0 Å². The Labute approximate surface area is 116 Å². The van der Waals surface area contributed by atoms with Gasteiger partial charge in [-0.05, 0) is 32.7 Å². The third-order valence-electron chi connectivity index (χ3n) is 4.20. The molecule has 1 aliphatic carbocycles. The van der Waals surface area contributed by atoms with E-state index in [9.17, 15) is 18.0 Å². The predicted octanol–water partition coefficient (Wildman–Crippen LogP) is 1.41. The minimum Gasteiger partial charge on any atom is -0.379 e. The van der Waals surface area contributed by atoms with Crippen molar-refractivity contribution in [2.45, 2.75) is 38.0 Å². The van der Waals surface area contributed by atoms with Crippen LogP contribution in [0.25, 0.3) is 0 Å². The SMILES string of the molecule is CNC1COCC1C(=O)N(CC(F)(F)F)C(C)C1CC1. The van der Waals surface area contributed by atoms with E-state index < -0.39 is 24.5 Å². The second-order valence-corrected chi connectivity index (χ2v) is 5.70. The smallest absolute Gasteiger partial charge is 0.379 e. The second kappa shape index (κ2) is 5.89. The Morgan fingerprint density at radius 2 is 2.05 bits per heavy atom. The maximum Gasteiger partial charge on any atom is 0.406 e. The molecule has 0 aromatic carbocycles. The molecule has 1 heterocycles. The van der Waals surface area contributed by atoms with Crippen LogP contribution in [0.5, 0.6) is 0 Å². The first-order valence-electron chi connectivity index (χ1n) is 6.95. The van der Waals surface area contributed by atoms with Crippen molar-refractivity contribution in [3.63, 3.8) is 0 Å². The number of hydrogen-bond acceptors (Lipinski definition) is 3. The summed E-state index contributed by atoms with van der Waals surface area (Å²) in [5.74, 6) is -0.765. The van der Waals surface area contributed by atoms with E-state index in [4.69, 9.17) is 4.74 Å². The van der Waals surface area contributed by atoms with Gasteiger partial charge >= 0.3 is 6.18 Å². The summed E-state index contributed by atoms with van der Waals surface area (Å²) in [5.41, 5.74) is 0. The standard InChI is InChI=1S/C13H21F3N2O2/c1-8(9-3-4-9)18(7-13(14,15)16)12(19)10-5-20-6-11(10)17-2/h8-11,17H,3-7H2,1-2H3. The van der Waals surface area contributed by atoms with Gasteiger partial charge in [-0.15, -0.1) is 0 Å². The van der Waals surface area contributed by atoms with E-state index in [0.717, 1.165) is 17.7 Å². The number of halogens is 3. The van der Waals surface area contributed by atoms with Gasteiger partial charge in [0, 0.05) is 12.1 Å². The molecule has 1 saturated carbocycles. The lowest BCUT2D eigenvalue weighted by Gasteiger charge is -2.33. The minimum atomic E-state index is -4.37. The van der Waals surface area contributed by atoms with Crippen LogP contribution < -0.4 is 5.32 Å². The number of nitrogens with zero attached hydrogens (tertiary/aromatic N) is 1. The molecule has 3 atom stereocenters. The molecule has 0 aromatic heterocycles. The molecule has 1 aliphatic heterocycles. The molecule has 0 spiro atoms. The van der Waals surface area contributed by atoms with Gasteiger partial charge < -0.3 is 15.0 Å². The fraction of sp³-hybridized carbons (Fsp3) is 0.923. The highest BCUT2D eigenvalue weighted by molar-refractivity contribution is 5.80. The van der Waals surface area contributed by atoms with E-state index in [-0.39, 0.29) is 24.6 Å². The second-order valence-electron chi connectivity index (χ2n) is 5.70. The molecule has 4 nitrogen and oxygen atoms in total. The van der Waals surface area contributed by atoms with Gasteiger partial charge in [0.2, 0.25) is 5.91 Å². The molecule has 7 heteroatoms. The summed E-state index contributed by atoms with van der Waals surface area (Å²) in [6.07, 6.45) is -2.56. The highest BCUT2D eigenvalue weighted by Gasteiger charge is 2.44. The summed E-state index contributed by atoms with van der Waals surface area (Å²) in [6.45, 7) is 1.10. The zero-order valence-corrected chi connectivity index (χ0v) is 11.7. The van der Waals surface area contributed by atoms with Crippen LogP contribution >= 0.6 is 0 Å². The number of nitrogens with one attached hydrogen (secondary N) is 1. The van der Waals surface area contributed by atoms with E-state index in [1.165, 1.54) is 0 Å². The van der Waals surface area contributed by atoms with Gasteiger partial charge in [-0.1, -0.05) is 0 Å². The average Bonchev–Trinajstić information content (AvgIpc) is 3.11. The molecule has 3 unspecified atom stereocenters. The molecular weight excluding hydrogens is 273 g/mol. The van der Waals surface area contributed by atoms with Crippen molar-refractivity contribution in [1.29, 1.82) is 0 Å². The van der Waals surface area contributed by atoms with E-state index in [2.05, 4.69) is 5.32 Å². The normalized spacial score (nSPS) is 28.4. The Balaban J connectivity index is 2.10. The summed E-state index contributed by atoms with van der Waals surface area (Å²) in [5, 5.41) is 2.94. The van der Waals surface area contributed by atoms with E-state index in [0.29, 0.717) is 6.61 Å². The Hall–Kier alpha value is -0.820. The van der Waals surface area contributed by atoms with Gasteiger partial charge in [0.1, 0.15) is 6.54 Å². The summed E-state index contributed by atoms with van der Waals surface area (Å²) in [7, 11) is 1.69. The lowest BCUT2D eigenvalue weighted by molar-refractivity contribution is -0.168. The third kappa shape index (κ3) is 3.63. The monoisotopic (exact) mass is 294 g/mol. The molecular formula is C13H21F3N2O2. The zero-order chi connectivity index (χ0) is 14.9. The quantitative estimate of drug-likeness (QED) is 0.833. The number of rotatable bonds is 5. The molecule has 20 heavy (non-hydrogen) atoms. The van der Waals surface area contributed by atoms with Gasteiger partial charge in [-0.3, -0.25) is 4.79 Å². The van der Waals surface area contributed by atoms with Crippen molar-refractivity contribution in [2.75, 3.05) is 26.8 Å². The lowest BCUT2D eigenvalue weighted by atomic mass is 10.0. The van der Waals surface area contributed by atoms with Gasteiger partial charge in [0.05, 0.1) is 19.1 Å². The maximum absolute atomic E-state index is 12.7. The van der Waals surface area contributed by atoms with Gasteiger partial charge in [0.15, 0.2) is 0 Å². The number of likely N-dealkylation sites (N-methyl/N-ethyl adjacent to an activating group) is 1. The number of ether oxygens (including phenoxy) is 1. The Morgan fingerprint density at radius 3 is 2.55 bits per heavy atom. The molecule has 0 radical (unpaired) electrons. The first kappa shape index (κ1) is 15.6. The summed E-state index contributed by atoms with van der Waals surface area (Å²) in [4.78, 5) is 13.5. The van der Waals surface area contributed by atoms with Crippen LogP contribution in [0, 0.1) is 11.8 Å². The molecule has 2 aliphatic rings. The highest BCUT2D eigenvalue weighted by atomic mass is 19.4. The molecule has 116 valence electrons. The van der Waals surface area contributed by atoms with Gasteiger partial charge in [0.25, 0.3) is 0 Å². The minimum absolute atomic E-state index is 0.191. The number of carbonyl (C=O) groups excluding carboxylic acids is 1. The fourth-order valence-corrected chi connectivity index (χ4v) is 2.74. The van der Waals surface area contributed by atoms with Crippen LogP contribution in [0.4, 0.5) is 13.2 Å². The topological polar surface area (TPSA) is 41.6 Å². The summed E-state index contributed by atoms with van der Waals surface area (Å²) in [6, 6.07) is -0.563. The maximum atomic E-state index is 12.7. The van der Waals surface area contributed by atoms with Crippen LogP contribution in [0.1, 0.15) is 19.8 Å². The highest BCUT2D eigenvalue weighted by Crippen LogP contribution is 2.37. The van der Waals surface area contributed by atoms with Crippen molar-refractivity contribution in [3.05, 3.63) is 0 Å². The summed E-state index contributed by atoms with van der Waals surface area (Å²) < 4.78 is 43.4. The molecule has 2 fully saturated rings. The predicted molar refractivity (Wildman–Crippen MR) is 67.1 cm³/mol. The van der Waals surface area contributed by atoms with E-state index >= 15 is 0 Å². The van der Waals surface area contributed by atoms with Gasteiger partial charge in [-0.2, -0.15) is 13.2 Å². The van der Waals surface area contributed by atoms with Crippen LogP contribution in [-0.2, 0) is 9.53 Å². The van der Waals surface area contributed by atoms with E-state index in [1.807, 2.05) is 0 Å². The van der Waals surface area contributed by atoms with Crippen molar-refractivity contribution >= 4 is 5.91 Å². The fourth-order valence-electron chi connectivity index (χ4n) is 2.74. The van der Waals surface area contributed by atoms with Crippen molar-refractivity contribution < 1.29 is 22.7 Å². The third-order valence-corrected chi connectivity index (χ3v) is 4.20. The lowest BCUT2D eigenvalue weighted by Crippen LogP contribution is -2.51. The Kier molecular flexibility index (Phi) is 4.59. The number of amides is 1. The number of hydrogen-bond donors (Lipinski definition) is 1. The molecule has 1 amide bonds.